The Hall–Kier alpha value is -3.53. The minimum Gasteiger partial charge on any atom is -0.437 e. The highest BCUT2D eigenvalue weighted by molar-refractivity contribution is 9.10. The number of hydrogen-bond acceptors (Lipinski definition) is 6. The summed E-state index contributed by atoms with van der Waals surface area (Å²) in [6.45, 7) is 2.93. The molecule has 2 amide bonds. The van der Waals surface area contributed by atoms with Crippen LogP contribution in [0.25, 0.3) is 11.0 Å². The van der Waals surface area contributed by atoms with Gasteiger partial charge in [-0.15, -0.1) is 0 Å². The maximum absolute atomic E-state index is 12.9. The Morgan fingerprint density at radius 2 is 2.19 bits per heavy atom. The second kappa shape index (κ2) is 7.95. The molecule has 2 N–H and O–H groups in total. The number of halogens is 1. The van der Waals surface area contributed by atoms with Crippen LogP contribution in [0.15, 0.2) is 47.5 Å². The largest absolute Gasteiger partial charge is 0.437 e. The fraction of sp³-hybridized carbons (Fsp3) is 0.190. The molecule has 0 saturated heterocycles. The first-order chi connectivity index (χ1) is 15.1. The first-order valence-electron chi connectivity index (χ1n) is 9.69. The Labute approximate surface area is 186 Å². The molecule has 5 rings (SSSR count). The molecule has 10 heteroatoms. The monoisotopic (exact) mass is 479 g/mol. The number of benzene rings is 1. The van der Waals surface area contributed by atoms with Crippen LogP contribution in [0, 0.1) is 6.92 Å². The van der Waals surface area contributed by atoms with Gasteiger partial charge >= 0.3 is 6.03 Å². The number of amides is 2. The van der Waals surface area contributed by atoms with Crippen molar-refractivity contribution < 1.29 is 9.53 Å². The number of hydrogen-bond donors (Lipinski definition) is 2. The van der Waals surface area contributed by atoms with E-state index in [4.69, 9.17) is 4.74 Å². The first kappa shape index (κ1) is 19.4. The maximum atomic E-state index is 12.9. The van der Waals surface area contributed by atoms with Gasteiger partial charge in [-0.2, -0.15) is 5.10 Å². The maximum Gasteiger partial charge on any atom is 0.322 e. The van der Waals surface area contributed by atoms with Crippen LogP contribution in [0.5, 0.6) is 11.6 Å². The minimum atomic E-state index is -0.176. The summed E-state index contributed by atoms with van der Waals surface area (Å²) < 4.78 is 6.58. The highest BCUT2D eigenvalue weighted by Crippen LogP contribution is 2.30. The second-order valence-electron chi connectivity index (χ2n) is 7.23. The fourth-order valence-corrected chi connectivity index (χ4v) is 4.13. The number of fused-ring (bicyclic) bond motifs is 3. The molecule has 1 aliphatic heterocycles. The second-order valence-corrected chi connectivity index (χ2v) is 8.02. The lowest BCUT2D eigenvalue weighted by Gasteiger charge is -2.29. The van der Waals surface area contributed by atoms with Crippen LogP contribution in [-0.2, 0) is 13.0 Å². The fourth-order valence-electron chi connectivity index (χ4n) is 3.63. The van der Waals surface area contributed by atoms with E-state index in [2.05, 4.69) is 46.4 Å². The Morgan fingerprint density at radius 3 is 3.06 bits per heavy atom. The molecule has 31 heavy (non-hydrogen) atoms. The number of anilines is 1. The number of pyridine rings is 1. The average Bonchev–Trinajstić information content (AvgIpc) is 3.15. The van der Waals surface area contributed by atoms with Crippen molar-refractivity contribution in [3.8, 4) is 11.6 Å². The Kier molecular flexibility index (Phi) is 4.99. The number of aromatic nitrogens is 5. The Balaban J connectivity index is 1.30. The molecule has 0 bridgehead atoms. The van der Waals surface area contributed by atoms with Crippen LogP contribution in [0.1, 0.15) is 16.8 Å². The van der Waals surface area contributed by atoms with Gasteiger partial charge in [-0.1, -0.05) is 6.07 Å². The quantitative estimate of drug-likeness (QED) is 0.455. The lowest BCUT2D eigenvalue weighted by atomic mass is 9.99. The van der Waals surface area contributed by atoms with Crippen LogP contribution in [0.4, 0.5) is 10.5 Å². The van der Waals surface area contributed by atoms with Crippen LogP contribution >= 0.6 is 15.9 Å². The van der Waals surface area contributed by atoms with Gasteiger partial charge in [0.05, 0.1) is 17.3 Å². The zero-order valence-corrected chi connectivity index (χ0v) is 18.2. The number of nitrogens with zero attached hydrogens (tertiary/aromatic N) is 5. The topological polar surface area (TPSA) is 109 Å². The van der Waals surface area contributed by atoms with E-state index >= 15 is 0 Å². The smallest absolute Gasteiger partial charge is 0.322 e. The van der Waals surface area contributed by atoms with Crippen molar-refractivity contribution in [3.05, 3.63) is 64.3 Å². The van der Waals surface area contributed by atoms with Crippen molar-refractivity contribution in [2.45, 2.75) is 19.9 Å². The number of rotatable bonds is 3. The molecule has 0 aliphatic carbocycles. The molecule has 1 aromatic carbocycles. The molecular formula is C21H18BrN7O2. The number of nitrogens with one attached hydrogen (secondary N) is 2. The van der Waals surface area contributed by atoms with Crippen molar-refractivity contribution in [3.63, 3.8) is 0 Å². The third kappa shape index (κ3) is 3.93. The van der Waals surface area contributed by atoms with E-state index in [-0.39, 0.29) is 6.03 Å². The summed E-state index contributed by atoms with van der Waals surface area (Å²) in [5.41, 5.74) is 4.27. The molecule has 0 unspecified atom stereocenters. The van der Waals surface area contributed by atoms with Crippen molar-refractivity contribution in [1.82, 2.24) is 30.0 Å². The number of carbonyl (C=O) groups excluding carboxylic acids is 1. The molecule has 1 aliphatic rings. The molecule has 9 nitrogen and oxygen atoms in total. The van der Waals surface area contributed by atoms with E-state index in [0.29, 0.717) is 36.1 Å². The van der Waals surface area contributed by atoms with E-state index in [1.54, 1.807) is 35.6 Å². The summed E-state index contributed by atoms with van der Waals surface area (Å²) in [6, 6.07) is 7.02. The summed E-state index contributed by atoms with van der Waals surface area (Å²) in [7, 11) is 0. The van der Waals surface area contributed by atoms with Crippen molar-refractivity contribution >= 4 is 38.7 Å². The third-order valence-electron chi connectivity index (χ3n) is 5.06. The zero-order chi connectivity index (χ0) is 21.4. The molecule has 0 spiro atoms. The van der Waals surface area contributed by atoms with Gasteiger partial charge in [-0.3, -0.25) is 10.1 Å². The summed E-state index contributed by atoms with van der Waals surface area (Å²) in [5, 5.41) is 11.0. The van der Waals surface area contributed by atoms with Crippen molar-refractivity contribution in [2.24, 2.45) is 0 Å². The number of aryl methyl sites for hydroxylation is 1. The van der Waals surface area contributed by atoms with Gasteiger partial charge in [-0.05, 0) is 52.5 Å². The van der Waals surface area contributed by atoms with Gasteiger partial charge in [-0.25, -0.2) is 14.8 Å². The van der Waals surface area contributed by atoms with Gasteiger partial charge in [0.15, 0.2) is 5.65 Å². The van der Waals surface area contributed by atoms with E-state index in [1.807, 2.05) is 19.1 Å². The highest BCUT2D eigenvalue weighted by Gasteiger charge is 2.24. The van der Waals surface area contributed by atoms with E-state index in [0.717, 1.165) is 27.7 Å². The summed E-state index contributed by atoms with van der Waals surface area (Å²) in [4.78, 5) is 27.4. The molecule has 4 aromatic rings. The lowest BCUT2D eigenvalue weighted by Crippen LogP contribution is -2.39. The third-order valence-corrected chi connectivity index (χ3v) is 5.63. The minimum absolute atomic E-state index is 0.176. The molecule has 3 aromatic heterocycles. The predicted octanol–water partition coefficient (Wildman–Crippen LogP) is 4.20. The van der Waals surface area contributed by atoms with E-state index in [9.17, 15) is 4.79 Å². The standard InChI is InChI=1S/C21H18BrN7O2/c1-12-8-23-10-17(25-12)31-15-4-2-3-14(7-15)26-21(30)29-6-5-16-13(11-29)9-24-20-18(16)19(22)27-28-20/h2-4,7-10H,5-6,11H2,1H3,(H,26,30)(H,24,27,28). The SMILES string of the molecule is Cc1cncc(Oc2cccc(NC(=O)N3CCc4c(cnc5n[nH]c(Br)c45)C3)c2)n1. The van der Waals surface area contributed by atoms with Crippen LogP contribution in [0.3, 0.4) is 0 Å². The molecule has 4 heterocycles. The van der Waals surface area contributed by atoms with Gasteiger partial charge in [0.25, 0.3) is 0 Å². The van der Waals surface area contributed by atoms with Crippen molar-refractivity contribution in [1.29, 1.82) is 0 Å². The van der Waals surface area contributed by atoms with Crippen LogP contribution in [0.2, 0.25) is 0 Å². The lowest BCUT2D eigenvalue weighted by molar-refractivity contribution is 0.206. The molecule has 0 saturated carbocycles. The summed E-state index contributed by atoms with van der Waals surface area (Å²) >= 11 is 3.50. The number of ether oxygens (including phenoxy) is 1. The van der Waals surface area contributed by atoms with Crippen molar-refractivity contribution in [2.75, 3.05) is 11.9 Å². The Bertz CT molecular complexity index is 1290. The first-order valence-corrected chi connectivity index (χ1v) is 10.5. The summed E-state index contributed by atoms with van der Waals surface area (Å²) in [5.74, 6) is 0.971. The normalized spacial score (nSPS) is 13.2. The molecule has 156 valence electrons. The molecular weight excluding hydrogens is 462 g/mol. The number of urea groups is 1. The van der Waals surface area contributed by atoms with Gasteiger partial charge in [0, 0.05) is 37.2 Å². The van der Waals surface area contributed by atoms with E-state index < -0.39 is 0 Å². The predicted molar refractivity (Wildman–Crippen MR) is 118 cm³/mol. The van der Waals surface area contributed by atoms with Crippen LogP contribution < -0.4 is 10.1 Å². The highest BCUT2D eigenvalue weighted by atomic mass is 79.9. The summed E-state index contributed by atoms with van der Waals surface area (Å²) in [6.07, 6.45) is 5.73. The van der Waals surface area contributed by atoms with Crippen LogP contribution in [-0.4, -0.2) is 42.6 Å². The zero-order valence-electron chi connectivity index (χ0n) is 16.6. The van der Waals surface area contributed by atoms with Gasteiger partial charge < -0.3 is 15.0 Å². The Morgan fingerprint density at radius 1 is 1.29 bits per heavy atom. The molecule has 0 atom stereocenters. The number of carbonyl (C=O) groups is 1. The van der Waals surface area contributed by atoms with Gasteiger partial charge in [0.1, 0.15) is 10.4 Å². The molecule has 0 fully saturated rings. The average molecular weight is 480 g/mol. The van der Waals surface area contributed by atoms with Gasteiger partial charge in [0.2, 0.25) is 5.88 Å². The number of aromatic amines is 1. The molecule has 0 radical (unpaired) electrons. The number of H-pyrrole nitrogens is 1. The van der Waals surface area contributed by atoms with E-state index in [1.165, 1.54) is 5.56 Å².